The van der Waals surface area contributed by atoms with Gasteiger partial charge >= 0.3 is 0 Å². The molecule has 0 radical (unpaired) electrons. The van der Waals surface area contributed by atoms with Gasteiger partial charge in [-0.05, 0) is 45.2 Å². The minimum atomic E-state index is 0.624. The Kier molecular flexibility index (Phi) is 4.06. The van der Waals surface area contributed by atoms with E-state index in [1.165, 1.54) is 36.1 Å². The molecule has 1 aliphatic heterocycles. The predicted molar refractivity (Wildman–Crippen MR) is 74.6 cm³/mol. The summed E-state index contributed by atoms with van der Waals surface area (Å²) >= 11 is 0. The molecule has 1 saturated heterocycles. The maximum Gasteiger partial charge on any atom is 0.0370 e. The van der Waals surface area contributed by atoms with Crippen LogP contribution in [0, 0.1) is 13.8 Å². The van der Waals surface area contributed by atoms with Crippen molar-refractivity contribution < 1.29 is 0 Å². The van der Waals surface area contributed by atoms with Gasteiger partial charge in [0.05, 0.1) is 0 Å². The molecule has 2 rings (SSSR count). The molecular formula is C15H24N2. The lowest BCUT2D eigenvalue weighted by atomic mass is 9.99. The highest BCUT2D eigenvalue weighted by atomic mass is 15.0. The van der Waals surface area contributed by atoms with Crippen LogP contribution < -0.4 is 10.6 Å². The zero-order valence-corrected chi connectivity index (χ0v) is 11.2. The third-order valence-corrected chi connectivity index (χ3v) is 3.63. The maximum absolute atomic E-state index is 3.65. The average Bonchev–Trinajstić information content (AvgIpc) is 2.28. The Morgan fingerprint density at radius 1 is 1.29 bits per heavy atom. The number of piperidine rings is 1. The van der Waals surface area contributed by atoms with Crippen molar-refractivity contribution in [3.8, 4) is 0 Å². The zero-order valence-electron chi connectivity index (χ0n) is 11.2. The lowest BCUT2D eigenvalue weighted by molar-refractivity contribution is 0.345. The summed E-state index contributed by atoms with van der Waals surface area (Å²) in [5, 5.41) is 7.22. The lowest BCUT2D eigenvalue weighted by Gasteiger charge is -2.29. The van der Waals surface area contributed by atoms with E-state index in [0.717, 1.165) is 6.54 Å². The van der Waals surface area contributed by atoms with Crippen LogP contribution in [-0.2, 0) is 0 Å². The fourth-order valence-corrected chi connectivity index (χ4v) is 2.65. The molecule has 1 fully saturated rings. The highest BCUT2D eigenvalue weighted by Crippen LogP contribution is 2.17. The van der Waals surface area contributed by atoms with Crippen molar-refractivity contribution >= 4 is 5.69 Å². The molecule has 0 aromatic heterocycles. The van der Waals surface area contributed by atoms with E-state index >= 15 is 0 Å². The number of aryl methyl sites for hydroxylation is 2. The Morgan fingerprint density at radius 2 is 2.12 bits per heavy atom. The van der Waals surface area contributed by atoms with E-state index in [9.17, 15) is 0 Å². The van der Waals surface area contributed by atoms with Crippen LogP contribution in [-0.4, -0.2) is 18.6 Å². The molecule has 2 N–H and O–H groups in total. The van der Waals surface area contributed by atoms with E-state index in [2.05, 4.69) is 49.6 Å². The number of hydrogen-bond donors (Lipinski definition) is 2. The van der Waals surface area contributed by atoms with Gasteiger partial charge in [-0.3, -0.25) is 0 Å². The molecule has 0 amide bonds. The van der Waals surface area contributed by atoms with Crippen LogP contribution in [0.3, 0.4) is 0 Å². The number of benzene rings is 1. The van der Waals surface area contributed by atoms with Gasteiger partial charge in [-0.2, -0.15) is 0 Å². The number of hydrogen-bond acceptors (Lipinski definition) is 2. The first-order chi connectivity index (χ1) is 8.15. The first-order valence-electron chi connectivity index (χ1n) is 6.72. The van der Waals surface area contributed by atoms with E-state index in [1.807, 2.05) is 0 Å². The van der Waals surface area contributed by atoms with Gasteiger partial charge in [-0.15, -0.1) is 0 Å². The molecule has 1 aliphatic rings. The summed E-state index contributed by atoms with van der Waals surface area (Å²) in [4.78, 5) is 0. The van der Waals surface area contributed by atoms with Crippen molar-refractivity contribution in [3.63, 3.8) is 0 Å². The smallest absolute Gasteiger partial charge is 0.0370 e. The van der Waals surface area contributed by atoms with Gasteiger partial charge in [-0.1, -0.05) is 24.1 Å². The molecule has 17 heavy (non-hydrogen) atoms. The number of rotatable bonds is 3. The quantitative estimate of drug-likeness (QED) is 0.836. The van der Waals surface area contributed by atoms with Crippen molar-refractivity contribution in [2.45, 2.75) is 52.1 Å². The molecular weight excluding hydrogens is 208 g/mol. The van der Waals surface area contributed by atoms with E-state index in [-0.39, 0.29) is 0 Å². The summed E-state index contributed by atoms with van der Waals surface area (Å²) in [7, 11) is 0. The second-order valence-electron chi connectivity index (χ2n) is 5.39. The third-order valence-electron chi connectivity index (χ3n) is 3.63. The van der Waals surface area contributed by atoms with Gasteiger partial charge in [0.15, 0.2) is 0 Å². The largest absolute Gasteiger partial charge is 0.383 e. The van der Waals surface area contributed by atoms with Gasteiger partial charge < -0.3 is 10.6 Å². The van der Waals surface area contributed by atoms with Crippen LogP contribution >= 0.6 is 0 Å². The molecule has 94 valence electrons. The zero-order chi connectivity index (χ0) is 12.3. The summed E-state index contributed by atoms with van der Waals surface area (Å²) in [5.74, 6) is 0. The fourth-order valence-electron chi connectivity index (χ4n) is 2.65. The normalized spacial score (nSPS) is 24.6. The molecule has 0 saturated carbocycles. The van der Waals surface area contributed by atoms with Gasteiger partial charge in [-0.25, -0.2) is 0 Å². The lowest BCUT2D eigenvalue weighted by Crippen LogP contribution is -2.44. The van der Waals surface area contributed by atoms with Gasteiger partial charge in [0.25, 0.3) is 0 Å². The van der Waals surface area contributed by atoms with Crippen molar-refractivity contribution in [1.82, 2.24) is 5.32 Å². The van der Waals surface area contributed by atoms with Crippen LogP contribution in [0.15, 0.2) is 18.2 Å². The molecule has 2 unspecified atom stereocenters. The third kappa shape index (κ3) is 3.47. The highest BCUT2D eigenvalue weighted by molar-refractivity contribution is 5.52. The summed E-state index contributed by atoms with van der Waals surface area (Å²) in [6, 6.07) is 7.90. The fraction of sp³-hybridized carbons (Fsp3) is 0.600. The second kappa shape index (κ2) is 5.54. The van der Waals surface area contributed by atoms with Crippen LogP contribution in [0.25, 0.3) is 0 Å². The molecule has 1 aromatic rings. The van der Waals surface area contributed by atoms with E-state index in [4.69, 9.17) is 0 Å². The van der Waals surface area contributed by atoms with Gasteiger partial charge in [0.2, 0.25) is 0 Å². The minimum Gasteiger partial charge on any atom is -0.383 e. The monoisotopic (exact) mass is 232 g/mol. The maximum atomic E-state index is 3.65. The van der Waals surface area contributed by atoms with Gasteiger partial charge in [0.1, 0.15) is 0 Å². The molecule has 1 heterocycles. The topological polar surface area (TPSA) is 24.1 Å². The highest BCUT2D eigenvalue weighted by Gasteiger charge is 2.17. The Bertz CT molecular complexity index is 373. The van der Waals surface area contributed by atoms with Crippen LogP contribution in [0.4, 0.5) is 5.69 Å². The van der Waals surface area contributed by atoms with E-state index in [0.29, 0.717) is 12.1 Å². The molecule has 2 nitrogen and oxygen atoms in total. The molecule has 1 aromatic carbocycles. The summed E-state index contributed by atoms with van der Waals surface area (Å²) in [6.45, 7) is 7.63. The molecule has 2 atom stereocenters. The van der Waals surface area contributed by atoms with Gasteiger partial charge in [0, 0.05) is 24.3 Å². The Hall–Kier alpha value is -1.02. The van der Waals surface area contributed by atoms with Crippen LogP contribution in [0.5, 0.6) is 0 Å². The van der Waals surface area contributed by atoms with Crippen molar-refractivity contribution in [1.29, 1.82) is 0 Å². The van der Waals surface area contributed by atoms with Crippen molar-refractivity contribution in [2.24, 2.45) is 0 Å². The first kappa shape index (κ1) is 12.4. The SMILES string of the molecule is Cc1ccc(NCC2CCCC(C)N2)c(C)c1. The Morgan fingerprint density at radius 3 is 2.82 bits per heavy atom. The molecule has 2 heteroatoms. The average molecular weight is 232 g/mol. The van der Waals surface area contributed by atoms with Crippen LogP contribution in [0.2, 0.25) is 0 Å². The summed E-state index contributed by atoms with van der Waals surface area (Å²) in [5.41, 5.74) is 3.95. The molecule has 0 aliphatic carbocycles. The molecule has 0 bridgehead atoms. The predicted octanol–water partition coefficient (Wildman–Crippen LogP) is 3.25. The summed E-state index contributed by atoms with van der Waals surface area (Å²) < 4.78 is 0. The van der Waals surface area contributed by atoms with Crippen LogP contribution in [0.1, 0.15) is 37.3 Å². The Balaban J connectivity index is 1.88. The van der Waals surface area contributed by atoms with Crippen molar-refractivity contribution in [3.05, 3.63) is 29.3 Å². The van der Waals surface area contributed by atoms with E-state index < -0.39 is 0 Å². The molecule has 0 spiro atoms. The van der Waals surface area contributed by atoms with E-state index in [1.54, 1.807) is 0 Å². The summed E-state index contributed by atoms with van der Waals surface area (Å²) in [6.07, 6.45) is 3.97. The number of anilines is 1. The minimum absolute atomic E-state index is 0.624. The Labute approximate surface area is 105 Å². The van der Waals surface area contributed by atoms with Crippen molar-refractivity contribution in [2.75, 3.05) is 11.9 Å². The standard InChI is InChI=1S/C15H24N2/c1-11-7-8-15(12(2)9-11)16-10-14-6-4-5-13(3)17-14/h7-9,13-14,16-17H,4-6,10H2,1-3H3. The number of nitrogens with one attached hydrogen (secondary N) is 2. The second-order valence-corrected chi connectivity index (χ2v) is 5.39. The first-order valence-corrected chi connectivity index (χ1v) is 6.72.